The Morgan fingerprint density at radius 3 is 2.77 bits per heavy atom. The standard InChI is InChI=1S/C22H22F3N5O4S/c1-12-8-13(15-10-26-11-35-15)18(21(34)4-2-17(31)27-7-5-21)14(9-12)30-16(22(23,24)25)3-6-28-19(30)29-20(32)33/h3,6,8-11,16,34H,2,4-5,7H2,1H3,(H,27,31)(H,28,29)(H,32,33). The molecule has 186 valence electrons. The number of carbonyl (C=O) groups is 2. The van der Waals surface area contributed by atoms with E-state index in [2.05, 4.69) is 15.3 Å². The first-order valence-electron chi connectivity index (χ1n) is 10.6. The zero-order valence-electron chi connectivity index (χ0n) is 18.5. The molecule has 9 nitrogen and oxygen atoms in total. The summed E-state index contributed by atoms with van der Waals surface area (Å²) in [4.78, 5) is 32.7. The number of anilines is 1. The van der Waals surface area contributed by atoms with Crippen LogP contribution >= 0.6 is 11.3 Å². The van der Waals surface area contributed by atoms with Crippen molar-refractivity contribution in [3.63, 3.8) is 0 Å². The molecule has 0 aliphatic carbocycles. The van der Waals surface area contributed by atoms with E-state index < -0.39 is 29.9 Å². The number of aliphatic hydroxyl groups is 1. The van der Waals surface area contributed by atoms with Crippen LogP contribution in [0.5, 0.6) is 0 Å². The number of nitrogens with zero attached hydrogens (tertiary/aromatic N) is 3. The number of nitrogens with one attached hydrogen (secondary N) is 2. The number of aliphatic imine (C=N–C) groups is 1. The van der Waals surface area contributed by atoms with Gasteiger partial charge in [-0.05, 0) is 37.5 Å². The predicted octanol–water partition coefficient (Wildman–Crippen LogP) is 3.49. The maximum Gasteiger partial charge on any atom is 0.412 e. The molecule has 0 radical (unpaired) electrons. The van der Waals surface area contributed by atoms with Crippen LogP contribution in [0, 0.1) is 6.92 Å². The molecular formula is C22H22F3N5O4S. The molecule has 2 aliphatic rings. The van der Waals surface area contributed by atoms with Crippen molar-refractivity contribution in [2.45, 2.75) is 44.0 Å². The molecule has 0 bridgehead atoms. The van der Waals surface area contributed by atoms with Gasteiger partial charge in [0.15, 0.2) is 6.04 Å². The molecule has 0 saturated carbocycles. The molecule has 4 N–H and O–H groups in total. The highest BCUT2D eigenvalue weighted by Gasteiger charge is 2.48. The molecule has 2 atom stereocenters. The SMILES string of the molecule is Cc1cc(-c2cncs2)c(C2(O)CCNC(=O)CC2)c(N2C(NC(=O)O)=NC=CC2C(F)(F)F)c1. The molecule has 2 amide bonds. The summed E-state index contributed by atoms with van der Waals surface area (Å²) in [5.74, 6) is -0.839. The van der Waals surface area contributed by atoms with E-state index in [-0.39, 0.29) is 43.0 Å². The highest BCUT2D eigenvalue weighted by Crippen LogP contribution is 2.47. The number of aryl methyl sites for hydroxylation is 1. The number of guanidine groups is 1. The second-order valence-electron chi connectivity index (χ2n) is 8.28. The van der Waals surface area contributed by atoms with Gasteiger partial charge in [-0.15, -0.1) is 11.3 Å². The van der Waals surface area contributed by atoms with E-state index in [0.29, 0.717) is 16.0 Å². The Hall–Kier alpha value is -3.45. The first-order chi connectivity index (χ1) is 16.5. The van der Waals surface area contributed by atoms with Crippen LogP contribution in [0.3, 0.4) is 0 Å². The summed E-state index contributed by atoms with van der Waals surface area (Å²) < 4.78 is 42.6. The summed E-state index contributed by atoms with van der Waals surface area (Å²) in [6.07, 6.45) is -3.19. The van der Waals surface area contributed by atoms with Gasteiger partial charge in [0.25, 0.3) is 0 Å². The van der Waals surface area contributed by atoms with E-state index in [1.54, 1.807) is 18.5 Å². The van der Waals surface area contributed by atoms with E-state index in [9.17, 15) is 33.0 Å². The molecule has 13 heteroatoms. The zero-order valence-corrected chi connectivity index (χ0v) is 19.3. The number of carboxylic acid groups (broad SMARTS) is 1. The van der Waals surface area contributed by atoms with Gasteiger partial charge in [0, 0.05) is 36.5 Å². The van der Waals surface area contributed by atoms with Crippen molar-refractivity contribution in [2.24, 2.45) is 4.99 Å². The number of rotatable bonds is 3. The molecule has 2 unspecified atom stereocenters. The average Bonchev–Trinajstić information content (AvgIpc) is 3.25. The van der Waals surface area contributed by atoms with Crippen LogP contribution in [0.1, 0.15) is 30.4 Å². The Morgan fingerprint density at radius 1 is 1.34 bits per heavy atom. The predicted molar refractivity (Wildman–Crippen MR) is 123 cm³/mol. The Balaban J connectivity index is 2.02. The van der Waals surface area contributed by atoms with E-state index in [1.807, 2.05) is 5.32 Å². The Kier molecular flexibility index (Phi) is 6.56. The maximum absolute atomic E-state index is 14.2. The lowest BCUT2D eigenvalue weighted by Gasteiger charge is -2.40. The van der Waals surface area contributed by atoms with Crippen LogP contribution in [0.15, 0.2) is 41.1 Å². The molecule has 1 saturated heterocycles. The lowest BCUT2D eigenvalue weighted by atomic mass is 9.81. The fraction of sp³-hybridized carbons (Fsp3) is 0.364. The molecule has 2 aliphatic heterocycles. The van der Waals surface area contributed by atoms with E-state index >= 15 is 0 Å². The van der Waals surface area contributed by atoms with E-state index in [1.165, 1.54) is 23.6 Å². The molecule has 0 spiro atoms. The van der Waals surface area contributed by atoms with Gasteiger partial charge in [-0.2, -0.15) is 13.2 Å². The van der Waals surface area contributed by atoms with Gasteiger partial charge in [-0.3, -0.25) is 20.0 Å². The third kappa shape index (κ3) is 5.00. The van der Waals surface area contributed by atoms with Gasteiger partial charge in [-0.25, -0.2) is 9.79 Å². The second kappa shape index (κ2) is 9.30. The van der Waals surface area contributed by atoms with Crippen molar-refractivity contribution in [2.75, 3.05) is 11.4 Å². The Morgan fingerprint density at radius 2 is 2.11 bits per heavy atom. The van der Waals surface area contributed by atoms with Crippen LogP contribution in [0.4, 0.5) is 23.7 Å². The first-order valence-corrected chi connectivity index (χ1v) is 11.5. The van der Waals surface area contributed by atoms with Gasteiger partial charge >= 0.3 is 12.3 Å². The summed E-state index contributed by atoms with van der Waals surface area (Å²) in [7, 11) is 0. The zero-order chi connectivity index (χ0) is 25.4. The van der Waals surface area contributed by atoms with Crippen LogP contribution in [0.25, 0.3) is 10.4 Å². The first kappa shape index (κ1) is 24.7. The van der Waals surface area contributed by atoms with Crippen LogP contribution in [0.2, 0.25) is 0 Å². The Labute approximate surface area is 202 Å². The number of hydrogen-bond acceptors (Lipinski definition) is 7. The molecule has 1 aromatic heterocycles. The Bertz CT molecular complexity index is 1200. The van der Waals surface area contributed by atoms with E-state index in [0.717, 1.165) is 17.2 Å². The minimum Gasteiger partial charge on any atom is -0.465 e. The monoisotopic (exact) mass is 509 g/mol. The van der Waals surface area contributed by atoms with Gasteiger partial charge in [0.1, 0.15) is 0 Å². The number of carbonyl (C=O) groups excluding carboxylic acids is 1. The fourth-order valence-corrected chi connectivity index (χ4v) is 5.01. The van der Waals surface area contributed by atoms with Crippen molar-refractivity contribution in [1.29, 1.82) is 0 Å². The highest BCUT2D eigenvalue weighted by molar-refractivity contribution is 7.13. The minimum atomic E-state index is -4.80. The van der Waals surface area contributed by atoms with Crippen molar-refractivity contribution in [1.82, 2.24) is 15.6 Å². The molecule has 4 rings (SSSR count). The molecule has 35 heavy (non-hydrogen) atoms. The lowest BCUT2D eigenvalue weighted by molar-refractivity contribution is -0.136. The molecule has 2 aromatic rings. The number of hydrogen-bond donors (Lipinski definition) is 4. The molecule has 3 heterocycles. The molecule has 1 aromatic carbocycles. The van der Waals surface area contributed by atoms with E-state index in [4.69, 9.17) is 0 Å². The molecular weight excluding hydrogens is 487 g/mol. The average molecular weight is 510 g/mol. The van der Waals surface area contributed by atoms with Crippen LogP contribution in [-0.4, -0.2) is 51.9 Å². The van der Waals surface area contributed by atoms with Crippen molar-refractivity contribution < 1.29 is 33.0 Å². The number of alkyl halides is 3. The van der Waals surface area contributed by atoms with Gasteiger partial charge in [0.2, 0.25) is 11.9 Å². The normalized spacial score (nSPS) is 22.9. The van der Waals surface area contributed by atoms with Crippen molar-refractivity contribution >= 4 is 35.0 Å². The smallest absolute Gasteiger partial charge is 0.412 e. The van der Waals surface area contributed by atoms with Gasteiger partial charge in [0.05, 0.1) is 21.7 Å². The number of aromatic nitrogens is 1. The summed E-state index contributed by atoms with van der Waals surface area (Å²) in [6, 6.07) is 0.925. The third-order valence-electron chi connectivity index (χ3n) is 5.84. The lowest BCUT2D eigenvalue weighted by Crippen LogP contribution is -2.55. The third-order valence-corrected chi connectivity index (χ3v) is 6.64. The number of benzene rings is 1. The quantitative estimate of drug-likeness (QED) is 0.502. The summed E-state index contributed by atoms with van der Waals surface area (Å²) in [5, 5.41) is 25.8. The van der Waals surface area contributed by atoms with Crippen molar-refractivity contribution in [3.05, 3.63) is 47.2 Å². The largest absolute Gasteiger partial charge is 0.465 e. The van der Waals surface area contributed by atoms with Crippen LogP contribution in [-0.2, 0) is 10.4 Å². The highest BCUT2D eigenvalue weighted by atomic mass is 32.1. The van der Waals surface area contributed by atoms with Crippen molar-refractivity contribution in [3.8, 4) is 10.4 Å². The van der Waals surface area contributed by atoms with Gasteiger partial charge in [-0.1, -0.05) is 6.07 Å². The van der Waals surface area contributed by atoms with Gasteiger partial charge < -0.3 is 15.5 Å². The summed E-state index contributed by atoms with van der Waals surface area (Å²) in [6.45, 7) is 1.80. The number of amides is 2. The minimum absolute atomic E-state index is 0.0388. The number of thiazole rings is 1. The van der Waals surface area contributed by atoms with Crippen LogP contribution < -0.4 is 15.5 Å². The second-order valence-corrected chi connectivity index (χ2v) is 9.17. The maximum atomic E-state index is 14.2. The topological polar surface area (TPSA) is 127 Å². The number of halogens is 3. The summed E-state index contributed by atoms with van der Waals surface area (Å²) >= 11 is 1.24. The fourth-order valence-electron chi connectivity index (χ4n) is 4.36. The molecule has 1 fully saturated rings. The summed E-state index contributed by atoms with van der Waals surface area (Å²) in [5.41, 5.74) is 0.961.